The average Bonchev–Trinajstić information content (AvgIpc) is 2.88. The van der Waals surface area contributed by atoms with Crippen molar-refractivity contribution in [2.45, 2.75) is 63.7 Å². The van der Waals surface area contributed by atoms with Crippen molar-refractivity contribution in [3.05, 3.63) is 0 Å². The molecule has 2 rings (SSSR count). The van der Waals surface area contributed by atoms with Crippen LogP contribution in [0.25, 0.3) is 0 Å². The summed E-state index contributed by atoms with van der Waals surface area (Å²) in [6.45, 7) is 4.19. The van der Waals surface area contributed by atoms with Gasteiger partial charge >= 0.3 is 6.18 Å². The molecule has 2 aliphatic rings. The molecule has 1 heterocycles. The van der Waals surface area contributed by atoms with E-state index in [9.17, 15) is 13.2 Å². The molecule has 1 unspecified atom stereocenters. The van der Waals surface area contributed by atoms with Crippen LogP contribution >= 0.6 is 0 Å². The highest BCUT2D eigenvalue weighted by molar-refractivity contribution is 4.82. The van der Waals surface area contributed by atoms with Crippen molar-refractivity contribution < 1.29 is 13.2 Å². The molecule has 2 fully saturated rings. The van der Waals surface area contributed by atoms with Crippen molar-refractivity contribution >= 4 is 0 Å². The van der Waals surface area contributed by atoms with E-state index in [2.05, 4.69) is 17.1 Å². The largest absolute Gasteiger partial charge is 0.391 e. The summed E-state index contributed by atoms with van der Waals surface area (Å²) in [7, 11) is 0. The Hall–Kier alpha value is -0.290. The van der Waals surface area contributed by atoms with Crippen molar-refractivity contribution in [1.82, 2.24) is 10.2 Å². The van der Waals surface area contributed by atoms with E-state index in [1.807, 2.05) is 0 Å². The second-order valence-corrected chi connectivity index (χ2v) is 6.09. The Morgan fingerprint density at radius 1 is 1.11 bits per heavy atom. The predicted molar refractivity (Wildman–Crippen MR) is 70.1 cm³/mol. The van der Waals surface area contributed by atoms with Crippen LogP contribution in [0, 0.1) is 5.92 Å². The highest BCUT2D eigenvalue weighted by Gasteiger charge is 2.41. The molecular formula is C14H25F3N2. The fourth-order valence-electron chi connectivity index (χ4n) is 3.26. The first-order valence-corrected chi connectivity index (χ1v) is 7.51. The number of rotatable bonds is 4. The summed E-state index contributed by atoms with van der Waals surface area (Å²) in [5, 5.41) is 3.56. The second-order valence-electron chi connectivity index (χ2n) is 6.09. The molecule has 1 atom stereocenters. The number of halogens is 3. The first-order chi connectivity index (χ1) is 8.97. The molecule has 0 radical (unpaired) electrons. The Bertz CT molecular complexity index is 266. The van der Waals surface area contributed by atoms with Crippen LogP contribution in [0.15, 0.2) is 0 Å². The molecule has 0 bridgehead atoms. The lowest BCUT2D eigenvalue weighted by Crippen LogP contribution is -2.47. The van der Waals surface area contributed by atoms with Crippen molar-refractivity contribution in [3.63, 3.8) is 0 Å². The molecule has 1 saturated carbocycles. The van der Waals surface area contributed by atoms with Gasteiger partial charge in [-0.25, -0.2) is 0 Å². The minimum absolute atomic E-state index is 0.261. The molecule has 5 heteroatoms. The van der Waals surface area contributed by atoms with Gasteiger partial charge in [-0.3, -0.25) is 4.90 Å². The molecule has 0 aromatic rings. The lowest BCUT2D eigenvalue weighted by atomic mass is 9.95. The molecule has 0 spiro atoms. The molecular weight excluding hydrogens is 253 g/mol. The van der Waals surface area contributed by atoms with Crippen molar-refractivity contribution in [1.29, 1.82) is 0 Å². The van der Waals surface area contributed by atoms with E-state index in [0.717, 1.165) is 6.54 Å². The van der Waals surface area contributed by atoms with Gasteiger partial charge < -0.3 is 5.32 Å². The summed E-state index contributed by atoms with van der Waals surface area (Å²) in [6.07, 6.45) is 1.64. The molecule has 1 N–H and O–H groups in total. The van der Waals surface area contributed by atoms with E-state index in [1.165, 1.54) is 25.7 Å². The summed E-state index contributed by atoms with van der Waals surface area (Å²) in [5.41, 5.74) is 0. The van der Waals surface area contributed by atoms with Gasteiger partial charge in [-0.1, -0.05) is 12.8 Å². The summed E-state index contributed by atoms with van der Waals surface area (Å²) in [5.74, 6) is -1.08. The van der Waals surface area contributed by atoms with Crippen LogP contribution < -0.4 is 5.32 Å². The van der Waals surface area contributed by atoms with E-state index in [4.69, 9.17) is 0 Å². The van der Waals surface area contributed by atoms with Gasteiger partial charge in [0.05, 0.1) is 5.92 Å². The molecule has 2 nitrogen and oxygen atoms in total. The normalized spacial score (nSPS) is 25.9. The average molecular weight is 278 g/mol. The zero-order valence-corrected chi connectivity index (χ0v) is 11.7. The quantitative estimate of drug-likeness (QED) is 0.849. The maximum absolute atomic E-state index is 12.6. The number of nitrogens with zero attached hydrogens (tertiary/aromatic N) is 1. The Morgan fingerprint density at radius 3 is 2.21 bits per heavy atom. The fraction of sp³-hybridized carbons (Fsp3) is 1.00. The molecule has 1 aliphatic heterocycles. The minimum atomic E-state index is -4.00. The van der Waals surface area contributed by atoms with Crippen molar-refractivity contribution in [2.75, 3.05) is 19.6 Å². The van der Waals surface area contributed by atoms with E-state index in [-0.39, 0.29) is 12.8 Å². The number of likely N-dealkylation sites (tertiary alicyclic amines) is 1. The van der Waals surface area contributed by atoms with Crippen LogP contribution in [0.3, 0.4) is 0 Å². The second kappa shape index (κ2) is 6.44. The summed E-state index contributed by atoms with van der Waals surface area (Å²) < 4.78 is 37.8. The number of hydrogen-bond acceptors (Lipinski definition) is 2. The summed E-state index contributed by atoms with van der Waals surface area (Å²) in [4.78, 5) is 2.20. The highest BCUT2D eigenvalue weighted by atomic mass is 19.4. The Balaban J connectivity index is 1.68. The predicted octanol–water partition coefficient (Wildman–Crippen LogP) is 3.18. The summed E-state index contributed by atoms with van der Waals surface area (Å²) >= 11 is 0. The smallest absolute Gasteiger partial charge is 0.312 e. The number of piperidine rings is 1. The molecule has 0 aromatic heterocycles. The van der Waals surface area contributed by atoms with Crippen LogP contribution in [0.1, 0.15) is 45.4 Å². The maximum Gasteiger partial charge on any atom is 0.391 e. The lowest BCUT2D eigenvalue weighted by molar-refractivity contribution is -0.185. The zero-order valence-electron chi connectivity index (χ0n) is 11.7. The van der Waals surface area contributed by atoms with Gasteiger partial charge in [0.15, 0.2) is 0 Å². The molecule has 112 valence electrons. The Kier molecular flexibility index (Phi) is 5.12. The van der Waals surface area contributed by atoms with Crippen molar-refractivity contribution in [3.8, 4) is 0 Å². The van der Waals surface area contributed by atoms with Gasteiger partial charge in [0.1, 0.15) is 0 Å². The van der Waals surface area contributed by atoms with Crippen LogP contribution in [0.4, 0.5) is 13.2 Å². The van der Waals surface area contributed by atoms with Gasteiger partial charge in [-0.15, -0.1) is 0 Å². The topological polar surface area (TPSA) is 15.3 Å². The third-order valence-corrected chi connectivity index (χ3v) is 4.67. The van der Waals surface area contributed by atoms with Crippen LogP contribution in [0.5, 0.6) is 0 Å². The number of hydrogen-bond donors (Lipinski definition) is 1. The van der Waals surface area contributed by atoms with E-state index >= 15 is 0 Å². The Morgan fingerprint density at radius 2 is 1.68 bits per heavy atom. The standard InChI is InChI=1S/C14H25F3N2/c1-11(10-18-13-4-2-3-5-13)19-8-6-12(7-9-19)14(15,16)17/h11-13,18H,2-10H2,1H3. The lowest BCUT2D eigenvalue weighted by Gasteiger charge is -2.37. The van der Waals surface area contributed by atoms with Gasteiger partial charge in [-0.2, -0.15) is 13.2 Å². The van der Waals surface area contributed by atoms with Gasteiger partial charge in [-0.05, 0) is 45.7 Å². The molecule has 1 aliphatic carbocycles. The fourth-order valence-corrected chi connectivity index (χ4v) is 3.26. The van der Waals surface area contributed by atoms with E-state index in [1.54, 1.807) is 0 Å². The first kappa shape index (κ1) is 15.1. The van der Waals surface area contributed by atoms with Crippen LogP contribution in [0.2, 0.25) is 0 Å². The third kappa shape index (κ3) is 4.35. The van der Waals surface area contributed by atoms with Crippen LogP contribution in [-0.4, -0.2) is 42.8 Å². The maximum atomic E-state index is 12.6. The van der Waals surface area contributed by atoms with Crippen molar-refractivity contribution in [2.24, 2.45) is 5.92 Å². The SMILES string of the molecule is CC(CNC1CCCC1)N1CCC(C(F)(F)F)CC1. The summed E-state index contributed by atoms with van der Waals surface area (Å²) in [6, 6.07) is 0.977. The zero-order chi connectivity index (χ0) is 13.9. The monoisotopic (exact) mass is 278 g/mol. The minimum Gasteiger partial charge on any atom is -0.312 e. The highest BCUT2D eigenvalue weighted by Crippen LogP contribution is 2.34. The third-order valence-electron chi connectivity index (χ3n) is 4.67. The van der Waals surface area contributed by atoms with E-state index < -0.39 is 12.1 Å². The van der Waals surface area contributed by atoms with Gasteiger partial charge in [0.2, 0.25) is 0 Å². The van der Waals surface area contributed by atoms with Gasteiger partial charge in [0, 0.05) is 18.6 Å². The molecule has 0 amide bonds. The Labute approximate surface area is 113 Å². The molecule has 0 aromatic carbocycles. The number of nitrogens with one attached hydrogen (secondary N) is 1. The first-order valence-electron chi connectivity index (χ1n) is 7.51. The molecule has 19 heavy (non-hydrogen) atoms. The van der Waals surface area contributed by atoms with E-state index in [0.29, 0.717) is 25.2 Å². The molecule has 1 saturated heterocycles. The van der Waals surface area contributed by atoms with Crippen LogP contribution in [-0.2, 0) is 0 Å². The number of alkyl halides is 3. The van der Waals surface area contributed by atoms with Gasteiger partial charge in [0.25, 0.3) is 0 Å².